The Balaban J connectivity index is 1.99. The average molecular weight is 332 g/mol. The van der Waals surface area contributed by atoms with Crippen LogP contribution in [0, 0.1) is 0 Å². The number of hydrogen-bond donors (Lipinski definition) is 0. The van der Waals surface area contributed by atoms with Crippen LogP contribution in [0.4, 0.5) is 0 Å². The molecule has 3 aromatic rings. The Kier molecular flexibility index (Phi) is 3.14. The van der Waals surface area contributed by atoms with E-state index in [2.05, 4.69) is 70.8 Å². The molecule has 0 aliphatic carbocycles. The quantitative estimate of drug-likeness (QED) is 0.621. The molecule has 3 rings (SSSR count). The van der Waals surface area contributed by atoms with E-state index in [1.807, 2.05) is 0 Å². The molecule has 1 aromatic heterocycles. The van der Waals surface area contributed by atoms with Gasteiger partial charge in [-0.2, -0.15) is 0 Å². The van der Waals surface area contributed by atoms with Crippen molar-refractivity contribution in [1.29, 1.82) is 0 Å². The molecular formula is C16H12Te. The third-order valence-electron chi connectivity index (χ3n) is 2.76. The van der Waals surface area contributed by atoms with Crippen LogP contribution >= 0.6 is 0 Å². The van der Waals surface area contributed by atoms with Crippen molar-refractivity contribution >= 4 is 20.4 Å². The molecule has 0 amide bonds. The standard InChI is InChI=1S/C16H12Te/c1-3-7-13(8-4-1)15-11-16(17-12-15)14-9-5-2-6-10-14/h1-12H. The maximum atomic E-state index is 2.43. The zero-order valence-electron chi connectivity index (χ0n) is 9.34. The Morgan fingerprint density at radius 3 is 1.82 bits per heavy atom. The monoisotopic (exact) mass is 334 g/mol. The molecule has 0 saturated carbocycles. The number of benzene rings is 2. The summed E-state index contributed by atoms with van der Waals surface area (Å²) >= 11 is -0.152. The second-order valence-electron chi connectivity index (χ2n) is 3.93. The zero-order chi connectivity index (χ0) is 11.5. The summed E-state index contributed by atoms with van der Waals surface area (Å²) in [5, 5.41) is 0. The van der Waals surface area contributed by atoms with Crippen molar-refractivity contribution in [1.82, 2.24) is 0 Å². The van der Waals surface area contributed by atoms with Crippen molar-refractivity contribution in [3.8, 4) is 20.3 Å². The molecular weight excluding hydrogens is 320 g/mol. The molecule has 0 fully saturated rings. The summed E-state index contributed by atoms with van der Waals surface area (Å²) in [6, 6.07) is 23.7. The Labute approximate surface area is 111 Å². The summed E-state index contributed by atoms with van der Waals surface area (Å²) in [5.41, 5.74) is 4.12. The molecule has 0 N–H and O–H groups in total. The van der Waals surface area contributed by atoms with Crippen LogP contribution in [0.1, 0.15) is 0 Å². The average Bonchev–Trinajstić information content (AvgIpc) is 2.90. The molecule has 0 saturated heterocycles. The van der Waals surface area contributed by atoms with Crippen molar-refractivity contribution in [3.05, 3.63) is 70.8 Å². The minimum absolute atomic E-state index is 0.152. The Morgan fingerprint density at radius 2 is 1.18 bits per heavy atom. The summed E-state index contributed by atoms with van der Waals surface area (Å²) in [6.07, 6.45) is 0. The summed E-state index contributed by atoms with van der Waals surface area (Å²) in [6.45, 7) is 0. The third-order valence-corrected chi connectivity index (χ3v) is 5.56. The van der Waals surface area contributed by atoms with Crippen LogP contribution in [-0.4, -0.2) is 20.4 Å². The van der Waals surface area contributed by atoms with Gasteiger partial charge in [-0.05, 0) is 0 Å². The van der Waals surface area contributed by atoms with Gasteiger partial charge in [-0.25, -0.2) is 0 Å². The van der Waals surface area contributed by atoms with Gasteiger partial charge in [0, 0.05) is 0 Å². The summed E-state index contributed by atoms with van der Waals surface area (Å²) in [4.78, 5) is 0. The van der Waals surface area contributed by atoms with Crippen LogP contribution in [0.2, 0.25) is 0 Å². The second-order valence-corrected chi connectivity index (χ2v) is 6.53. The van der Waals surface area contributed by atoms with E-state index in [1.165, 1.54) is 20.3 Å². The van der Waals surface area contributed by atoms with Gasteiger partial charge in [-0.15, -0.1) is 0 Å². The van der Waals surface area contributed by atoms with Gasteiger partial charge in [0.2, 0.25) is 0 Å². The zero-order valence-corrected chi connectivity index (χ0v) is 11.7. The Hall–Kier alpha value is -1.29. The van der Waals surface area contributed by atoms with Gasteiger partial charge in [0.05, 0.1) is 0 Å². The Morgan fingerprint density at radius 1 is 0.588 bits per heavy atom. The van der Waals surface area contributed by atoms with Gasteiger partial charge in [-0.3, -0.25) is 0 Å². The Bertz CT molecular complexity index is 540. The van der Waals surface area contributed by atoms with Gasteiger partial charge in [0.1, 0.15) is 0 Å². The van der Waals surface area contributed by atoms with Gasteiger partial charge in [0.25, 0.3) is 0 Å². The van der Waals surface area contributed by atoms with E-state index < -0.39 is 0 Å². The first-order valence-corrected chi connectivity index (χ1v) is 8.14. The summed E-state index contributed by atoms with van der Waals surface area (Å²) in [7, 11) is 0. The molecule has 2 aromatic carbocycles. The van der Waals surface area contributed by atoms with Crippen LogP contribution in [-0.2, 0) is 0 Å². The summed E-state index contributed by atoms with van der Waals surface area (Å²) < 4.78 is 3.97. The van der Waals surface area contributed by atoms with E-state index in [9.17, 15) is 0 Å². The second kappa shape index (κ2) is 4.92. The predicted molar refractivity (Wildman–Crippen MR) is 74.3 cm³/mol. The summed E-state index contributed by atoms with van der Waals surface area (Å²) in [5.74, 6) is 0. The van der Waals surface area contributed by atoms with Crippen LogP contribution in [0.15, 0.2) is 70.8 Å². The molecule has 1 heterocycles. The van der Waals surface area contributed by atoms with E-state index in [0.717, 1.165) is 0 Å². The maximum absolute atomic E-state index is 2.43. The molecule has 0 unspecified atom stereocenters. The third kappa shape index (κ3) is 2.36. The molecule has 0 nitrogen and oxygen atoms in total. The fraction of sp³-hybridized carbons (Fsp3) is 0. The first-order chi connectivity index (χ1) is 8.43. The van der Waals surface area contributed by atoms with Crippen molar-refractivity contribution in [2.45, 2.75) is 0 Å². The molecule has 82 valence electrons. The van der Waals surface area contributed by atoms with Gasteiger partial charge >= 0.3 is 112 Å². The first kappa shape index (κ1) is 10.8. The van der Waals surface area contributed by atoms with Crippen molar-refractivity contribution in [2.24, 2.45) is 0 Å². The van der Waals surface area contributed by atoms with Gasteiger partial charge < -0.3 is 0 Å². The fourth-order valence-electron chi connectivity index (χ4n) is 1.87. The first-order valence-electron chi connectivity index (χ1n) is 5.63. The molecule has 0 atom stereocenters. The van der Waals surface area contributed by atoms with E-state index in [0.29, 0.717) is 0 Å². The molecule has 0 radical (unpaired) electrons. The SMILES string of the molecule is c1ccc(-c2c[te]c(-c3ccccc3)c2)cc1. The van der Waals surface area contributed by atoms with Crippen LogP contribution in [0.5, 0.6) is 0 Å². The van der Waals surface area contributed by atoms with Crippen LogP contribution < -0.4 is 0 Å². The van der Waals surface area contributed by atoms with Crippen molar-refractivity contribution in [2.75, 3.05) is 0 Å². The predicted octanol–water partition coefficient (Wildman–Crippen LogP) is 4.08. The molecule has 0 bridgehead atoms. The molecule has 1 heteroatoms. The van der Waals surface area contributed by atoms with Crippen molar-refractivity contribution < 1.29 is 0 Å². The van der Waals surface area contributed by atoms with E-state index in [-0.39, 0.29) is 20.4 Å². The molecule has 0 aliphatic heterocycles. The number of rotatable bonds is 2. The van der Waals surface area contributed by atoms with E-state index in [4.69, 9.17) is 0 Å². The normalized spacial score (nSPS) is 10.4. The molecule has 0 aliphatic rings. The number of hydrogen-bond acceptors (Lipinski definition) is 0. The van der Waals surface area contributed by atoms with Crippen molar-refractivity contribution in [3.63, 3.8) is 0 Å². The minimum atomic E-state index is -0.152. The van der Waals surface area contributed by atoms with E-state index in [1.54, 1.807) is 0 Å². The van der Waals surface area contributed by atoms with Crippen LogP contribution in [0.25, 0.3) is 20.3 Å². The van der Waals surface area contributed by atoms with Crippen LogP contribution in [0.3, 0.4) is 0 Å². The molecule has 0 spiro atoms. The topological polar surface area (TPSA) is 0 Å². The van der Waals surface area contributed by atoms with E-state index >= 15 is 0 Å². The fourth-order valence-corrected chi connectivity index (χ4v) is 4.51. The van der Waals surface area contributed by atoms with Gasteiger partial charge in [0.15, 0.2) is 0 Å². The molecule has 17 heavy (non-hydrogen) atoms. The van der Waals surface area contributed by atoms with Gasteiger partial charge in [-0.1, -0.05) is 0 Å².